The highest BCUT2D eigenvalue weighted by atomic mass is 16.5. The Labute approximate surface area is 132 Å². The van der Waals surface area contributed by atoms with E-state index in [4.69, 9.17) is 14.9 Å². The molecular formula is C15H30N2O5. The van der Waals surface area contributed by atoms with E-state index in [0.29, 0.717) is 58.5 Å². The van der Waals surface area contributed by atoms with Crippen LogP contribution in [0.2, 0.25) is 0 Å². The summed E-state index contributed by atoms with van der Waals surface area (Å²) in [6.07, 6.45) is 2.03. The number of amides is 2. The molecule has 0 aliphatic heterocycles. The molecule has 0 aromatic rings. The predicted octanol–water partition coefficient (Wildman–Crippen LogP) is -0.145. The van der Waals surface area contributed by atoms with Gasteiger partial charge in [0, 0.05) is 46.1 Å². The van der Waals surface area contributed by atoms with Crippen molar-refractivity contribution in [3.8, 4) is 0 Å². The van der Waals surface area contributed by atoms with E-state index in [0.717, 1.165) is 0 Å². The first-order valence-corrected chi connectivity index (χ1v) is 7.86. The van der Waals surface area contributed by atoms with Crippen LogP contribution in [0.1, 0.15) is 32.6 Å². The first kappa shape index (κ1) is 20.8. The minimum Gasteiger partial charge on any atom is -0.395 e. The number of hydrogen-bond acceptors (Lipinski definition) is 5. The zero-order valence-corrected chi connectivity index (χ0v) is 13.8. The molecule has 7 nitrogen and oxygen atoms in total. The molecule has 0 radical (unpaired) electrons. The molecule has 0 aliphatic rings. The van der Waals surface area contributed by atoms with Crippen molar-refractivity contribution in [2.24, 2.45) is 0 Å². The lowest BCUT2D eigenvalue weighted by Crippen LogP contribution is -2.36. The number of likely N-dealkylation sites (N-methyl/N-ethyl adjacent to an activating group) is 1. The van der Waals surface area contributed by atoms with Crippen LogP contribution in [-0.4, -0.2) is 84.9 Å². The van der Waals surface area contributed by atoms with Crippen LogP contribution in [0.25, 0.3) is 0 Å². The van der Waals surface area contributed by atoms with Gasteiger partial charge in [0.1, 0.15) is 0 Å². The van der Waals surface area contributed by atoms with E-state index in [-0.39, 0.29) is 25.0 Å². The molecule has 130 valence electrons. The highest BCUT2D eigenvalue weighted by molar-refractivity contribution is 5.77. The molecule has 0 bridgehead atoms. The maximum absolute atomic E-state index is 12.0. The van der Waals surface area contributed by atoms with Gasteiger partial charge in [-0.3, -0.25) is 9.59 Å². The lowest BCUT2D eigenvalue weighted by Gasteiger charge is -2.22. The van der Waals surface area contributed by atoms with Crippen molar-refractivity contribution in [2.45, 2.75) is 32.6 Å². The number of ether oxygens (including phenoxy) is 1. The highest BCUT2D eigenvalue weighted by Crippen LogP contribution is 2.06. The van der Waals surface area contributed by atoms with Crippen LogP contribution in [0.15, 0.2) is 0 Å². The van der Waals surface area contributed by atoms with Gasteiger partial charge in [-0.15, -0.1) is 0 Å². The van der Waals surface area contributed by atoms with Gasteiger partial charge in [-0.25, -0.2) is 0 Å². The summed E-state index contributed by atoms with van der Waals surface area (Å²) < 4.78 is 4.94. The van der Waals surface area contributed by atoms with Gasteiger partial charge in [-0.2, -0.15) is 0 Å². The molecule has 0 fully saturated rings. The number of carbonyl (C=O) groups is 2. The van der Waals surface area contributed by atoms with Gasteiger partial charge in [0.15, 0.2) is 0 Å². The highest BCUT2D eigenvalue weighted by Gasteiger charge is 2.14. The van der Waals surface area contributed by atoms with E-state index in [9.17, 15) is 9.59 Å². The van der Waals surface area contributed by atoms with Crippen LogP contribution in [-0.2, 0) is 14.3 Å². The summed E-state index contributed by atoms with van der Waals surface area (Å²) in [5, 5.41) is 17.8. The standard InChI is InChI=1S/C15H30N2O5/c1-3-16(8-11-18)14(20)6-4-5-7-15(21)17(9-12-19)10-13-22-2/h18-19H,3-13H2,1-2H3. The van der Waals surface area contributed by atoms with E-state index >= 15 is 0 Å². The van der Waals surface area contributed by atoms with E-state index < -0.39 is 0 Å². The second kappa shape index (κ2) is 13.5. The summed E-state index contributed by atoms with van der Waals surface area (Å²) in [4.78, 5) is 27.1. The molecule has 7 heteroatoms. The van der Waals surface area contributed by atoms with Crippen molar-refractivity contribution >= 4 is 11.8 Å². The molecule has 0 aromatic heterocycles. The summed E-state index contributed by atoms with van der Waals surface area (Å²) >= 11 is 0. The number of methoxy groups -OCH3 is 1. The third kappa shape index (κ3) is 8.96. The molecule has 0 unspecified atom stereocenters. The molecule has 2 N–H and O–H groups in total. The molecule has 0 atom stereocenters. The molecule has 2 amide bonds. The van der Waals surface area contributed by atoms with Crippen molar-refractivity contribution in [3.05, 3.63) is 0 Å². The number of aliphatic hydroxyl groups excluding tert-OH is 2. The Morgan fingerprint density at radius 1 is 0.909 bits per heavy atom. The fourth-order valence-electron chi connectivity index (χ4n) is 2.13. The zero-order chi connectivity index (χ0) is 16.8. The van der Waals surface area contributed by atoms with E-state index in [1.54, 1.807) is 16.9 Å². The largest absolute Gasteiger partial charge is 0.395 e. The van der Waals surface area contributed by atoms with Gasteiger partial charge in [-0.1, -0.05) is 0 Å². The van der Waals surface area contributed by atoms with Gasteiger partial charge in [-0.05, 0) is 19.8 Å². The normalized spacial score (nSPS) is 10.5. The molecule has 0 heterocycles. The van der Waals surface area contributed by atoms with Crippen LogP contribution in [0.4, 0.5) is 0 Å². The Balaban J connectivity index is 4.01. The van der Waals surface area contributed by atoms with Gasteiger partial charge in [0.25, 0.3) is 0 Å². The van der Waals surface area contributed by atoms with Gasteiger partial charge in [0.2, 0.25) is 11.8 Å². The monoisotopic (exact) mass is 318 g/mol. The molecule has 0 aromatic carbocycles. The topological polar surface area (TPSA) is 90.3 Å². The van der Waals surface area contributed by atoms with E-state index in [1.807, 2.05) is 6.92 Å². The smallest absolute Gasteiger partial charge is 0.222 e. The second-order valence-electron chi connectivity index (χ2n) is 5.00. The summed E-state index contributed by atoms with van der Waals surface area (Å²) in [6, 6.07) is 0. The number of unbranched alkanes of at least 4 members (excludes halogenated alkanes) is 1. The van der Waals surface area contributed by atoms with Crippen LogP contribution in [0.3, 0.4) is 0 Å². The zero-order valence-electron chi connectivity index (χ0n) is 13.8. The van der Waals surface area contributed by atoms with Crippen LogP contribution >= 0.6 is 0 Å². The van der Waals surface area contributed by atoms with Gasteiger partial charge < -0.3 is 24.7 Å². The Morgan fingerprint density at radius 2 is 1.41 bits per heavy atom. The van der Waals surface area contributed by atoms with Crippen molar-refractivity contribution in [3.63, 3.8) is 0 Å². The molecule has 0 spiro atoms. The molecule has 0 saturated carbocycles. The average molecular weight is 318 g/mol. The van der Waals surface area contributed by atoms with E-state index in [1.165, 1.54) is 0 Å². The van der Waals surface area contributed by atoms with Crippen molar-refractivity contribution in [1.82, 2.24) is 9.80 Å². The van der Waals surface area contributed by atoms with Crippen LogP contribution in [0.5, 0.6) is 0 Å². The van der Waals surface area contributed by atoms with Crippen molar-refractivity contribution < 1.29 is 24.5 Å². The van der Waals surface area contributed by atoms with Crippen molar-refractivity contribution in [2.75, 3.05) is 53.1 Å². The van der Waals surface area contributed by atoms with Crippen LogP contribution in [0, 0.1) is 0 Å². The first-order valence-electron chi connectivity index (χ1n) is 7.86. The number of nitrogens with zero attached hydrogens (tertiary/aromatic N) is 2. The average Bonchev–Trinajstić information content (AvgIpc) is 2.52. The number of rotatable bonds is 13. The van der Waals surface area contributed by atoms with Crippen LogP contribution < -0.4 is 0 Å². The van der Waals surface area contributed by atoms with E-state index in [2.05, 4.69) is 0 Å². The molecule has 0 aliphatic carbocycles. The SMILES string of the molecule is CCN(CCO)C(=O)CCCCC(=O)N(CCO)CCOC. The Hall–Kier alpha value is -1.18. The molecule has 0 saturated heterocycles. The second-order valence-corrected chi connectivity index (χ2v) is 5.00. The molecule has 0 rings (SSSR count). The fraction of sp³-hybridized carbons (Fsp3) is 0.867. The van der Waals surface area contributed by atoms with Crippen molar-refractivity contribution in [1.29, 1.82) is 0 Å². The Morgan fingerprint density at radius 3 is 1.86 bits per heavy atom. The first-order chi connectivity index (χ1) is 10.6. The lowest BCUT2D eigenvalue weighted by atomic mass is 10.1. The summed E-state index contributed by atoms with van der Waals surface area (Å²) in [7, 11) is 1.57. The maximum atomic E-state index is 12.0. The number of aliphatic hydroxyl groups is 2. The molecule has 22 heavy (non-hydrogen) atoms. The minimum atomic E-state index is -0.0689. The number of carbonyl (C=O) groups excluding carboxylic acids is 2. The minimum absolute atomic E-state index is 0.00981. The summed E-state index contributed by atoms with van der Waals surface area (Å²) in [5.74, 6) is -0.0168. The van der Waals surface area contributed by atoms with Gasteiger partial charge in [0.05, 0.1) is 19.8 Å². The molecular weight excluding hydrogens is 288 g/mol. The number of hydrogen-bond donors (Lipinski definition) is 2. The summed E-state index contributed by atoms with van der Waals surface area (Å²) in [5.41, 5.74) is 0. The predicted molar refractivity (Wildman–Crippen MR) is 83.3 cm³/mol. The Kier molecular flexibility index (Phi) is 12.8. The van der Waals surface area contributed by atoms with Gasteiger partial charge >= 0.3 is 0 Å². The fourth-order valence-corrected chi connectivity index (χ4v) is 2.13. The summed E-state index contributed by atoms with van der Waals surface area (Å²) in [6.45, 7) is 3.93. The Bertz CT molecular complexity index is 312. The quantitative estimate of drug-likeness (QED) is 0.461. The maximum Gasteiger partial charge on any atom is 0.222 e. The third-order valence-corrected chi connectivity index (χ3v) is 3.42. The lowest BCUT2D eigenvalue weighted by molar-refractivity contribution is -0.134. The third-order valence-electron chi connectivity index (χ3n) is 3.42.